The highest BCUT2D eigenvalue weighted by Crippen LogP contribution is 2.12. The first-order valence-corrected chi connectivity index (χ1v) is 7.97. The van der Waals surface area contributed by atoms with Crippen LogP contribution >= 0.6 is 0 Å². The maximum absolute atomic E-state index is 9.29. The molecule has 0 aromatic heterocycles. The van der Waals surface area contributed by atoms with Crippen LogP contribution in [-0.2, 0) is 0 Å². The minimum atomic E-state index is -0.302. The monoisotopic (exact) mass is 274 g/mol. The van der Waals surface area contributed by atoms with Gasteiger partial charge < -0.3 is 21.7 Å². The van der Waals surface area contributed by atoms with Gasteiger partial charge in [0.2, 0.25) is 0 Å². The van der Waals surface area contributed by atoms with Gasteiger partial charge in [0, 0.05) is 13.1 Å². The summed E-state index contributed by atoms with van der Waals surface area (Å²) in [6.45, 7) is 0.776. The first-order chi connectivity index (χ1) is 9.20. The molecule has 0 rings (SSSR count). The zero-order valence-corrected chi connectivity index (χ0v) is 12.4. The van der Waals surface area contributed by atoms with Crippen LogP contribution in [0, 0.1) is 0 Å². The van der Waals surface area contributed by atoms with E-state index in [1.807, 2.05) is 0 Å². The molecule has 0 heterocycles. The Bertz CT molecular complexity index is 162. The van der Waals surface area contributed by atoms with Crippen LogP contribution in [0.15, 0.2) is 0 Å². The average Bonchev–Trinajstić information content (AvgIpc) is 2.43. The lowest BCUT2D eigenvalue weighted by molar-refractivity contribution is 0.168. The van der Waals surface area contributed by atoms with Crippen molar-refractivity contribution in [1.82, 2.24) is 0 Å². The molecule has 2 unspecified atom stereocenters. The molecule has 2 atom stereocenters. The van der Waals surface area contributed by atoms with Crippen LogP contribution in [0.1, 0.15) is 70.6 Å². The molecule has 0 bridgehead atoms. The van der Waals surface area contributed by atoms with E-state index in [-0.39, 0.29) is 12.2 Å². The fourth-order valence-electron chi connectivity index (χ4n) is 2.23. The summed E-state index contributed by atoms with van der Waals surface area (Å²) in [7, 11) is 0. The largest absolute Gasteiger partial charge is 0.392 e. The molecule has 6 N–H and O–H groups in total. The quantitative estimate of drug-likeness (QED) is 0.364. The Labute approximate surface area is 118 Å². The lowest BCUT2D eigenvalue weighted by Gasteiger charge is -2.07. The van der Waals surface area contributed by atoms with Gasteiger partial charge in [-0.2, -0.15) is 0 Å². The molecule has 0 saturated heterocycles. The fraction of sp³-hybridized carbons (Fsp3) is 1.00. The van der Waals surface area contributed by atoms with E-state index < -0.39 is 0 Å². The number of hydrogen-bond donors (Lipinski definition) is 4. The molecular formula is C15H34N2O2. The molecule has 0 amide bonds. The molecular weight excluding hydrogens is 240 g/mol. The van der Waals surface area contributed by atoms with Crippen molar-refractivity contribution >= 4 is 0 Å². The van der Waals surface area contributed by atoms with Gasteiger partial charge in [0.1, 0.15) is 0 Å². The highest BCUT2D eigenvalue weighted by molar-refractivity contribution is 4.57. The van der Waals surface area contributed by atoms with E-state index in [0.29, 0.717) is 13.1 Å². The van der Waals surface area contributed by atoms with E-state index >= 15 is 0 Å². The van der Waals surface area contributed by atoms with Crippen molar-refractivity contribution < 1.29 is 10.2 Å². The Hall–Kier alpha value is -0.160. The van der Waals surface area contributed by atoms with Gasteiger partial charge >= 0.3 is 0 Å². The topological polar surface area (TPSA) is 92.5 Å². The van der Waals surface area contributed by atoms with E-state index in [4.69, 9.17) is 11.5 Å². The minimum Gasteiger partial charge on any atom is -0.392 e. The second-order valence-electron chi connectivity index (χ2n) is 5.54. The molecule has 0 saturated carbocycles. The Morgan fingerprint density at radius 3 is 1.05 bits per heavy atom. The predicted octanol–water partition coefficient (Wildman–Crippen LogP) is 1.92. The highest BCUT2D eigenvalue weighted by atomic mass is 16.3. The highest BCUT2D eigenvalue weighted by Gasteiger charge is 2.01. The number of aliphatic hydroxyl groups excluding tert-OH is 2. The molecule has 0 aliphatic carbocycles. The molecule has 0 fully saturated rings. The van der Waals surface area contributed by atoms with Crippen molar-refractivity contribution in [2.45, 2.75) is 82.8 Å². The van der Waals surface area contributed by atoms with E-state index in [0.717, 1.165) is 25.7 Å². The standard InChI is InChI=1S/C15H34N2O2/c16-12-14(18)10-8-6-4-2-1-3-5-7-9-11-15(19)13-17/h14-15,18-19H,1-13,16-17H2. The van der Waals surface area contributed by atoms with Crippen molar-refractivity contribution in [2.75, 3.05) is 13.1 Å². The van der Waals surface area contributed by atoms with Crippen LogP contribution < -0.4 is 11.5 Å². The lowest BCUT2D eigenvalue weighted by atomic mass is 10.0. The number of unbranched alkanes of at least 4 members (excludes halogenated alkanes) is 8. The maximum atomic E-state index is 9.29. The molecule has 116 valence electrons. The summed E-state index contributed by atoms with van der Waals surface area (Å²) in [5.74, 6) is 0. The molecule has 0 aromatic carbocycles. The number of rotatable bonds is 14. The van der Waals surface area contributed by atoms with E-state index in [1.54, 1.807) is 0 Å². The van der Waals surface area contributed by atoms with E-state index in [1.165, 1.54) is 44.9 Å². The molecule has 4 nitrogen and oxygen atoms in total. The van der Waals surface area contributed by atoms with Crippen LogP contribution in [0.5, 0.6) is 0 Å². The second-order valence-corrected chi connectivity index (χ2v) is 5.54. The van der Waals surface area contributed by atoms with E-state index in [9.17, 15) is 10.2 Å². The van der Waals surface area contributed by atoms with Gasteiger partial charge in [0.15, 0.2) is 0 Å². The molecule has 4 heteroatoms. The third-order valence-electron chi connectivity index (χ3n) is 3.62. The van der Waals surface area contributed by atoms with Crippen LogP contribution in [-0.4, -0.2) is 35.5 Å². The second kappa shape index (κ2) is 14.3. The van der Waals surface area contributed by atoms with E-state index in [2.05, 4.69) is 0 Å². The maximum Gasteiger partial charge on any atom is 0.0662 e. The summed E-state index contributed by atoms with van der Waals surface area (Å²) in [6, 6.07) is 0. The van der Waals surface area contributed by atoms with Gasteiger partial charge in [-0.1, -0.05) is 57.8 Å². The van der Waals surface area contributed by atoms with Crippen LogP contribution in [0.4, 0.5) is 0 Å². The summed E-state index contributed by atoms with van der Waals surface area (Å²) in [5.41, 5.74) is 10.7. The van der Waals surface area contributed by atoms with Crippen LogP contribution in [0.25, 0.3) is 0 Å². The summed E-state index contributed by atoms with van der Waals surface area (Å²) in [5, 5.41) is 18.6. The number of hydrogen-bond acceptors (Lipinski definition) is 4. The summed E-state index contributed by atoms with van der Waals surface area (Å²) < 4.78 is 0. The van der Waals surface area contributed by atoms with Gasteiger partial charge in [-0.15, -0.1) is 0 Å². The third-order valence-corrected chi connectivity index (χ3v) is 3.62. The Balaban J connectivity index is 3.03. The fourth-order valence-corrected chi connectivity index (χ4v) is 2.23. The Morgan fingerprint density at radius 2 is 0.789 bits per heavy atom. The molecule has 0 aliphatic rings. The summed E-state index contributed by atoms with van der Waals surface area (Å²) in [6.07, 6.45) is 12.1. The van der Waals surface area contributed by atoms with Crippen molar-refractivity contribution in [3.05, 3.63) is 0 Å². The van der Waals surface area contributed by atoms with Gasteiger partial charge in [0.05, 0.1) is 12.2 Å². The molecule has 0 spiro atoms. The molecule has 19 heavy (non-hydrogen) atoms. The SMILES string of the molecule is NCC(O)CCCCCCCCCCCC(O)CN. The van der Waals surface area contributed by atoms with Crippen molar-refractivity contribution in [3.63, 3.8) is 0 Å². The molecule has 0 aliphatic heterocycles. The van der Waals surface area contributed by atoms with Gasteiger partial charge in [-0.3, -0.25) is 0 Å². The molecule has 0 aromatic rings. The van der Waals surface area contributed by atoms with Gasteiger partial charge in [0.25, 0.3) is 0 Å². The van der Waals surface area contributed by atoms with Crippen molar-refractivity contribution in [2.24, 2.45) is 11.5 Å². The minimum absolute atomic E-state index is 0.302. The zero-order chi connectivity index (χ0) is 14.3. The van der Waals surface area contributed by atoms with Crippen LogP contribution in [0.2, 0.25) is 0 Å². The lowest BCUT2D eigenvalue weighted by Crippen LogP contribution is -2.19. The predicted molar refractivity (Wildman–Crippen MR) is 80.9 cm³/mol. The summed E-state index contributed by atoms with van der Waals surface area (Å²) in [4.78, 5) is 0. The number of nitrogens with two attached hydrogens (primary N) is 2. The summed E-state index contributed by atoms with van der Waals surface area (Å²) >= 11 is 0. The zero-order valence-electron chi connectivity index (χ0n) is 12.4. The number of aliphatic hydroxyl groups is 2. The Morgan fingerprint density at radius 1 is 0.526 bits per heavy atom. The van der Waals surface area contributed by atoms with Gasteiger partial charge in [-0.25, -0.2) is 0 Å². The average molecular weight is 274 g/mol. The van der Waals surface area contributed by atoms with Crippen molar-refractivity contribution in [3.8, 4) is 0 Å². The van der Waals surface area contributed by atoms with Gasteiger partial charge in [-0.05, 0) is 12.8 Å². The first-order valence-electron chi connectivity index (χ1n) is 7.97. The third kappa shape index (κ3) is 14.1. The smallest absolute Gasteiger partial charge is 0.0662 e. The Kier molecular flexibility index (Phi) is 14.1. The van der Waals surface area contributed by atoms with Crippen LogP contribution in [0.3, 0.4) is 0 Å². The molecule has 0 radical (unpaired) electrons. The first kappa shape index (κ1) is 18.8. The normalized spacial score (nSPS) is 14.5. The van der Waals surface area contributed by atoms with Crippen molar-refractivity contribution in [1.29, 1.82) is 0 Å².